The van der Waals surface area contributed by atoms with Gasteiger partial charge in [-0.1, -0.05) is 36.4 Å². The van der Waals surface area contributed by atoms with E-state index in [1.165, 1.54) is 5.56 Å². The first kappa shape index (κ1) is 20.6. The van der Waals surface area contributed by atoms with Crippen molar-refractivity contribution in [3.63, 3.8) is 0 Å². The van der Waals surface area contributed by atoms with Crippen LogP contribution in [0.1, 0.15) is 31.4 Å². The van der Waals surface area contributed by atoms with Crippen molar-refractivity contribution in [2.45, 2.75) is 39.0 Å². The second kappa shape index (κ2) is 9.02. The van der Waals surface area contributed by atoms with Gasteiger partial charge >= 0.3 is 0 Å². The van der Waals surface area contributed by atoms with Gasteiger partial charge < -0.3 is 14.0 Å². The van der Waals surface area contributed by atoms with Gasteiger partial charge in [-0.3, -0.25) is 4.90 Å². The highest BCUT2D eigenvalue weighted by Crippen LogP contribution is 2.39. The van der Waals surface area contributed by atoms with E-state index in [4.69, 9.17) is 26.8 Å². The van der Waals surface area contributed by atoms with Crippen LogP contribution in [0.4, 0.5) is 0 Å². The Morgan fingerprint density at radius 1 is 1.10 bits per heavy atom. The van der Waals surface area contributed by atoms with E-state index in [1.54, 1.807) is 14.2 Å². The minimum Gasteiger partial charge on any atom is -0.497 e. The molecule has 1 aliphatic rings. The number of rotatable bonds is 7. The number of ether oxygens (including phenoxy) is 2. The molecule has 158 valence electrons. The minimum atomic E-state index is 0.264. The summed E-state index contributed by atoms with van der Waals surface area (Å²) in [6.07, 6.45) is 2.21. The normalized spacial score (nSPS) is 16.7. The molecule has 7 heteroatoms. The molecular weight excluding hydrogens is 396 g/mol. The number of methoxy groups -OCH3 is 2. The van der Waals surface area contributed by atoms with Crippen molar-refractivity contribution in [3.8, 4) is 22.9 Å². The molecule has 0 bridgehead atoms. The zero-order valence-electron chi connectivity index (χ0n) is 17.7. The van der Waals surface area contributed by atoms with Crippen LogP contribution in [0, 0.1) is 4.77 Å². The highest BCUT2D eigenvalue weighted by Gasteiger charge is 2.29. The van der Waals surface area contributed by atoms with Gasteiger partial charge in [0.1, 0.15) is 11.5 Å². The van der Waals surface area contributed by atoms with Crippen LogP contribution in [-0.2, 0) is 13.2 Å². The van der Waals surface area contributed by atoms with E-state index >= 15 is 0 Å². The summed E-state index contributed by atoms with van der Waals surface area (Å²) >= 11 is 5.78. The summed E-state index contributed by atoms with van der Waals surface area (Å²) in [6.45, 7) is 4.56. The molecule has 2 heterocycles. The lowest BCUT2D eigenvalue weighted by molar-refractivity contribution is 0.186. The Morgan fingerprint density at radius 3 is 2.60 bits per heavy atom. The summed E-state index contributed by atoms with van der Waals surface area (Å²) in [6, 6.07) is 16.6. The van der Waals surface area contributed by atoms with Crippen LogP contribution in [0.25, 0.3) is 11.4 Å². The maximum Gasteiger partial charge on any atom is 0.199 e. The first-order valence-corrected chi connectivity index (χ1v) is 10.8. The van der Waals surface area contributed by atoms with Crippen molar-refractivity contribution in [1.29, 1.82) is 0 Å². The van der Waals surface area contributed by atoms with Crippen LogP contribution in [0.5, 0.6) is 11.5 Å². The predicted molar refractivity (Wildman–Crippen MR) is 120 cm³/mol. The Morgan fingerprint density at radius 2 is 1.90 bits per heavy atom. The molecule has 0 N–H and O–H groups in total. The molecule has 3 aromatic rings. The van der Waals surface area contributed by atoms with Gasteiger partial charge in [0.05, 0.1) is 20.9 Å². The quantitative estimate of drug-likeness (QED) is 0.504. The van der Waals surface area contributed by atoms with Gasteiger partial charge in [-0.25, -0.2) is 4.68 Å². The number of nitrogens with zero attached hydrogens (tertiary/aromatic N) is 4. The first-order chi connectivity index (χ1) is 14.7. The molecule has 2 aromatic carbocycles. The highest BCUT2D eigenvalue weighted by molar-refractivity contribution is 7.71. The Hall–Kier alpha value is -2.64. The Balaban J connectivity index is 1.65. The lowest BCUT2D eigenvalue weighted by atomic mass is 10.0. The number of likely N-dealkylation sites (tertiary alicyclic amines) is 1. The topological polar surface area (TPSA) is 44.5 Å². The fourth-order valence-corrected chi connectivity index (χ4v) is 4.55. The standard InChI is InChI=1S/C23H28N4O2S/c1-4-26-22(17-9-6-5-7-10-17)24-27(23(26)30)16-25-14-8-11-20(25)19-13-12-18(28-2)15-21(19)29-3/h5-7,9-10,12-13,15,20H,4,8,11,14,16H2,1-3H3. The smallest absolute Gasteiger partial charge is 0.199 e. The number of aromatic nitrogens is 3. The summed E-state index contributed by atoms with van der Waals surface area (Å²) < 4.78 is 15.8. The monoisotopic (exact) mass is 424 g/mol. The fraction of sp³-hybridized carbons (Fsp3) is 0.391. The van der Waals surface area contributed by atoms with Gasteiger partial charge in [0.15, 0.2) is 10.6 Å². The summed E-state index contributed by atoms with van der Waals surface area (Å²) in [5, 5.41) is 4.89. The molecule has 1 saturated heterocycles. The van der Waals surface area contributed by atoms with Crippen LogP contribution in [0.15, 0.2) is 48.5 Å². The number of benzene rings is 2. The van der Waals surface area contributed by atoms with E-state index in [2.05, 4.69) is 34.6 Å². The van der Waals surface area contributed by atoms with Crippen LogP contribution in [0.2, 0.25) is 0 Å². The van der Waals surface area contributed by atoms with Crippen molar-refractivity contribution < 1.29 is 9.47 Å². The minimum absolute atomic E-state index is 0.264. The van der Waals surface area contributed by atoms with Crippen LogP contribution in [0.3, 0.4) is 0 Å². The molecule has 1 unspecified atom stereocenters. The molecule has 0 amide bonds. The zero-order valence-corrected chi connectivity index (χ0v) is 18.6. The van der Waals surface area contributed by atoms with E-state index < -0.39 is 0 Å². The molecule has 1 atom stereocenters. The molecule has 4 rings (SSSR count). The fourth-order valence-electron chi connectivity index (χ4n) is 4.23. The first-order valence-electron chi connectivity index (χ1n) is 10.3. The van der Waals surface area contributed by atoms with Crippen LogP contribution in [-0.4, -0.2) is 40.0 Å². The van der Waals surface area contributed by atoms with E-state index in [-0.39, 0.29) is 6.04 Å². The third-order valence-electron chi connectivity index (χ3n) is 5.75. The lowest BCUT2D eigenvalue weighted by Crippen LogP contribution is -2.27. The van der Waals surface area contributed by atoms with Crippen molar-refractivity contribution in [2.75, 3.05) is 20.8 Å². The van der Waals surface area contributed by atoms with Gasteiger partial charge in [0, 0.05) is 36.3 Å². The molecule has 30 heavy (non-hydrogen) atoms. The number of hydrogen-bond donors (Lipinski definition) is 0. The molecule has 6 nitrogen and oxygen atoms in total. The maximum atomic E-state index is 5.78. The molecule has 1 aliphatic heterocycles. The Kier molecular flexibility index (Phi) is 6.20. The molecular formula is C23H28N4O2S. The molecule has 1 fully saturated rings. The predicted octanol–water partition coefficient (Wildman–Crippen LogP) is 4.91. The molecule has 0 saturated carbocycles. The van der Waals surface area contributed by atoms with Crippen molar-refractivity contribution >= 4 is 12.2 Å². The highest BCUT2D eigenvalue weighted by atomic mass is 32.1. The van der Waals surface area contributed by atoms with Gasteiger partial charge in [-0.2, -0.15) is 5.10 Å². The van der Waals surface area contributed by atoms with Crippen molar-refractivity contribution in [3.05, 3.63) is 58.9 Å². The molecule has 0 radical (unpaired) electrons. The van der Waals surface area contributed by atoms with Gasteiger partial charge in [0.2, 0.25) is 0 Å². The molecule has 0 spiro atoms. The maximum absolute atomic E-state index is 5.78. The molecule has 1 aromatic heterocycles. The summed E-state index contributed by atoms with van der Waals surface area (Å²) in [4.78, 5) is 2.43. The van der Waals surface area contributed by atoms with Gasteiger partial charge in [-0.15, -0.1) is 0 Å². The SMILES string of the molecule is CCn1c(-c2ccccc2)nn(CN2CCCC2c2ccc(OC)cc2OC)c1=S. The van der Waals surface area contributed by atoms with Gasteiger partial charge in [0.25, 0.3) is 0 Å². The summed E-state index contributed by atoms with van der Waals surface area (Å²) in [5.74, 6) is 2.58. The van der Waals surface area contributed by atoms with Crippen LogP contribution < -0.4 is 9.47 Å². The largest absolute Gasteiger partial charge is 0.497 e. The average Bonchev–Trinajstić information content (AvgIpc) is 3.38. The summed E-state index contributed by atoms with van der Waals surface area (Å²) in [5.41, 5.74) is 2.26. The third kappa shape index (κ3) is 3.87. The van der Waals surface area contributed by atoms with Crippen molar-refractivity contribution in [1.82, 2.24) is 19.2 Å². The Bertz CT molecular complexity index is 1060. The van der Waals surface area contributed by atoms with E-state index in [9.17, 15) is 0 Å². The second-order valence-corrected chi connectivity index (χ2v) is 7.80. The molecule has 0 aliphatic carbocycles. The average molecular weight is 425 g/mol. The van der Waals surface area contributed by atoms with E-state index in [0.717, 1.165) is 53.6 Å². The van der Waals surface area contributed by atoms with E-state index in [0.29, 0.717) is 6.67 Å². The van der Waals surface area contributed by atoms with Gasteiger partial charge in [-0.05, 0) is 38.0 Å². The second-order valence-electron chi connectivity index (χ2n) is 7.44. The third-order valence-corrected chi connectivity index (χ3v) is 6.18. The Labute approximate surface area is 182 Å². The van der Waals surface area contributed by atoms with E-state index in [1.807, 2.05) is 35.0 Å². The number of hydrogen-bond acceptors (Lipinski definition) is 5. The lowest BCUT2D eigenvalue weighted by Gasteiger charge is -2.26. The zero-order chi connectivity index (χ0) is 21.1. The van der Waals surface area contributed by atoms with Crippen LogP contribution >= 0.6 is 12.2 Å². The van der Waals surface area contributed by atoms with Crippen molar-refractivity contribution in [2.24, 2.45) is 0 Å². The summed E-state index contributed by atoms with van der Waals surface area (Å²) in [7, 11) is 3.38.